The number of carbonyl (C=O) groups excluding carboxylic acids is 2. The minimum absolute atomic E-state index is 0.121. The van der Waals surface area contributed by atoms with E-state index in [4.69, 9.17) is 33.2 Å². The zero-order valence-electron chi connectivity index (χ0n) is 31.2. The van der Waals surface area contributed by atoms with Gasteiger partial charge in [0.15, 0.2) is 12.4 Å². The van der Waals surface area contributed by atoms with Gasteiger partial charge < -0.3 is 33.2 Å². The molecule has 12 heteroatoms. The second kappa shape index (κ2) is 19.5. The molecule has 2 heterocycles. The maximum absolute atomic E-state index is 13.5. The Kier molecular flexibility index (Phi) is 14.0. The second-order valence-electron chi connectivity index (χ2n) is 13.7. The number of ether oxygens (including phenoxy) is 7. The zero-order valence-corrected chi connectivity index (χ0v) is 31.2. The monoisotopic (exact) mass is 749 g/mol. The minimum Gasteiger partial charge on any atom is -0.459 e. The summed E-state index contributed by atoms with van der Waals surface area (Å²) in [4.78, 5) is 29.7. The molecule has 0 amide bonds. The SMILES string of the molecule is CC[C@@H]1OC(C)C(OC(=O)c2ccccc2)C(OCc2ccccc2)[C@@H]1OC1OC(COC(=O)c2ccccc2)C(C)[C@@H](OCc2ccccc2)[C@@H]1N=[N+]=[N-]. The van der Waals surface area contributed by atoms with E-state index in [1.807, 2.05) is 93.6 Å². The summed E-state index contributed by atoms with van der Waals surface area (Å²) >= 11 is 0. The van der Waals surface area contributed by atoms with E-state index >= 15 is 0 Å². The summed E-state index contributed by atoms with van der Waals surface area (Å²) in [5.41, 5.74) is 12.5. The van der Waals surface area contributed by atoms with Crippen LogP contribution in [0.1, 0.15) is 59.0 Å². The summed E-state index contributed by atoms with van der Waals surface area (Å²) in [6, 6.07) is 35.7. The molecule has 12 nitrogen and oxygen atoms in total. The van der Waals surface area contributed by atoms with Crippen LogP contribution in [0.15, 0.2) is 126 Å². The molecule has 2 saturated heterocycles. The van der Waals surface area contributed by atoms with Crippen molar-refractivity contribution in [2.45, 2.75) is 95.5 Å². The summed E-state index contributed by atoms with van der Waals surface area (Å²) in [5, 5.41) is 4.17. The van der Waals surface area contributed by atoms with Crippen molar-refractivity contribution in [3.63, 3.8) is 0 Å². The summed E-state index contributed by atoms with van der Waals surface area (Å²) in [6.45, 7) is 5.99. The van der Waals surface area contributed by atoms with Crippen molar-refractivity contribution in [3.05, 3.63) is 154 Å². The summed E-state index contributed by atoms with van der Waals surface area (Å²) in [7, 11) is 0. The van der Waals surface area contributed by atoms with Crippen molar-refractivity contribution in [2.24, 2.45) is 11.0 Å². The first kappa shape index (κ1) is 39.6. The summed E-state index contributed by atoms with van der Waals surface area (Å²) in [6.07, 6.45) is -5.81. The fraction of sp³-hybridized carbons (Fsp3) is 0.395. The van der Waals surface area contributed by atoms with E-state index in [9.17, 15) is 15.1 Å². The number of nitrogens with zero attached hydrogens (tertiary/aromatic N) is 3. The molecule has 6 unspecified atom stereocenters. The predicted molar refractivity (Wildman–Crippen MR) is 203 cm³/mol. The van der Waals surface area contributed by atoms with Crippen LogP contribution in [0.2, 0.25) is 0 Å². The molecule has 2 aliphatic heterocycles. The van der Waals surface area contributed by atoms with Gasteiger partial charge in [-0.05, 0) is 54.3 Å². The van der Waals surface area contributed by atoms with E-state index in [-0.39, 0.29) is 19.8 Å². The first-order valence-corrected chi connectivity index (χ1v) is 18.7. The van der Waals surface area contributed by atoms with Gasteiger partial charge in [0.1, 0.15) is 24.9 Å². The molecule has 2 aliphatic rings. The van der Waals surface area contributed by atoms with Crippen molar-refractivity contribution in [1.29, 1.82) is 0 Å². The van der Waals surface area contributed by atoms with Crippen LogP contribution in [0.3, 0.4) is 0 Å². The topological polar surface area (TPSA) is 148 Å². The van der Waals surface area contributed by atoms with Gasteiger partial charge in [-0.3, -0.25) is 0 Å². The van der Waals surface area contributed by atoms with Crippen molar-refractivity contribution in [3.8, 4) is 0 Å². The van der Waals surface area contributed by atoms with Crippen LogP contribution in [0.5, 0.6) is 0 Å². The largest absolute Gasteiger partial charge is 0.459 e. The van der Waals surface area contributed by atoms with Crippen LogP contribution in [0.4, 0.5) is 0 Å². The average Bonchev–Trinajstić information content (AvgIpc) is 3.23. The maximum atomic E-state index is 13.5. The van der Waals surface area contributed by atoms with Gasteiger partial charge in [-0.25, -0.2) is 9.59 Å². The fourth-order valence-electron chi connectivity index (χ4n) is 7.00. The smallest absolute Gasteiger partial charge is 0.338 e. The molecule has 0 aromatic heterocycles. The average molecular weight is 750 g/mol. The normalized spacial score (nSPS) is 27.7. The van der Waals surface area contributed by atoms with E-state index in [0.717, 1.165) is 11.1 Å². The number of hydrogen-bond donors (Lipinski definition) is 0. The van der Waals surface area contributed by atoms with Crippen LogP contribution in [0.25, 0.3) is 10.4 Å². The molecular formula is C43H47N3O9. The molecule has 55 heavy (non-hydrogen) atoms. The predicted octanol–water partition coefficient (Wildman–Crippen LogP) is 7.86. The number of azide groups is 1. The number of rotatable bonds is 15. The van der Waals surface area contributed by atoms with E-state index in [0.29, 0.717) is 17.5 Å². The third-order valence-electron chi connectivity index (χ3n) is 9.99. The van der Waals surface area contributed by atoms with Gasteiger partial charge in [-0.2, -0.15) is 0 Å². The van der Waals surface area contributed by atoms with Gasteiger partial charge in [0.25, 0.3) is 0 Å². The zero-order chi connectivity index (χ0) is 38.6. The van der Waals surface area contributed by atoms with Crippen molar-refractivity contribution in [2.75, 3.05) is 6.61 Å². The molecule has 288 valence electrons. The highest BCUT2D eigenvalue weighted by Gasteiger charge is 2.52. The van der Waals surface area contributed by atoms with E-state index in [1.165, 1.54) is 0 Å². The Morgan fingerprint density at radius 2 is 1.20 bits per heavy atom. The van der Waals surface area contributed by atoms with Gasteiger partial charge in [-0.15, -0.1) is 0 Å². The Hall–Kier alpha value is -5.07. The molecule has 0 spiro atoms. The molecule has 0 N–H and O–H groups in total. The van der Waals surface area contributed by atoms with Gasteiger partial charge in [0.05, 0.1) is 48.8 Å². The van der Waals surface area contributed by atoms with E-state index in [2.05, 4.69) is 10.0 Å². The number of benzene rings is 4. The molecule has 6 rings (SSSR count). The van der Waals surface area contributed by atoms with Crippen molar-refractivity contribution >= 4 is 11.9 Å². The number of carbonyl (C=O) groups is 2. The Morgan fingerprint density at radius 1 is 0.673 bits per heavy atom. The van der Waals surface area contributed by atoms with Gasteiger partial charge in [0.2, 0.25) is 0 Å². The molecule has 0 saturated carbocycles. The van der Waals surface area contributed by atoms with Crippen LogP contribution in [0, 0.1) is 5.92 Å². The maximum Gasteiger partial charge on any atom is 0.338 e. The lowest BCUT2D eigenvalue weighted by atomic mass is 9.88. The van der Waals surface area contributed by atoms with E-state index in [1.54, 1.807) is 48.5 Å². The van der Waals surface area contributed by atoms with Crippen molar-refractivity contribution < 1.29 is 42.7 Å². The van der Waals surface area contributed by atoms with Gasteiger partial charge >= 0.3 is 11.9 Å². The first-order valence-electron chi connectivity index (χ1n) is 18.7. The minimum atomic E-state index is -1.20. The number of hydrogen-bond acceptors (Lipinski definition) is 10. The molecule has 2 fully saturated rings. The lowest BCUT2D eigenvalue weighted by Crippen LogP contribution is -2.63. The Morgan fingerprint density at radius 3 is 1.75 bits per heavy atom. The fourth-order valence-corrected chi connectivity index (χ4v) is 7.00. The third-order valence-corrected chi connectivity index (χ3v) is 9.99. The lowest BCUT2D eigenvalue weighted by molar-refractivity contribution is -0.318. The summed E-state index contributed by atoms with van der Waals surface area (Å²) < 4.78 is 45.0. The van der Waals surface area contributed by atoms with E-state index < -0.39 is 72.9 Å². The highest BCUT2D eigenvalue weighted by molar-refractivity contribution is 5.89. The Bertz CT molecular complexity index is 1850. The molecule has 10 atom stereocenters. The molecule has 0 radical (unpaired) electrons. The standard InChI is InChI=1S/C43H47N3O9/c1-4-34-39(40(50-26-31-19-11-6-12-20-31)38(29(3)52-34)54-42(48)33-23-15-8-16-24-33)55-43-36(45-46-44)37(49-25-30-17-9-5-10-18-30)28(2)35(53-43)27-51-41(47)32-21-13-7-14-22-32/h5-24,28-29,34-40,43H,4,25-27H2,1-3H3/t28?,29?,34-,35?,36-,37+,38?,39+,40?,43?/m0/s1. The molecule has 4 aromatic carbocycles. The Labute approximate surface area is 321 Å². The quantitative estimate of drug-likeness (QED) is 0.0513. The molecule has 4 aromatic rings. The lowest BCUT2D eigenvalue weighted by Gasteiger charge is -2.49. The van der Waals surface area contributed by atoms with Gasteiger partial charge in [-0.1, -0.05) is 116 Å². The third kappa shape index (κ3) is 10.2. The van der Waals surface area contributed by atoms with Crippen molar-refractivity contribution in [1.82, 2.24) is 0 Å². The van der Waals surface area contributed by atoms with Crippen LogP contribution in [-0.2, 0) is 46.4 Å². The second-order valence-corrected chi connectivity index (χ2v) is 13.7. The highest BCUT2D eigenvalue weighted by Crippen LogP contribution is 2.37. The molecule has 0 bridgehead atoms. The van der Waals surface area contributed by atoms with Crippen LogP contribution < -0.4 is 0 Å². The molecular weight excluding hydrogens is 702 g/mol. The molecule has 0 aliphatic carbocycles. The Balaban J connectivity index is 1.32. The summed E-state index contributed by atoms with van der Waals surface area (Å²) in [5.74, 6) is -1.45. The van der Waals surface area contributed by atoms with Gasteiger partial charge in [0, 0.05) is 10.8 Å². The first-order chi connectivity index (χ1) is 26.9. The number of esters is 2. The highest BCUT2D eigenvalue weighted by atomic mass is 16.7. The van der Waals surface area contributed by atoms with Crippen LogP contribution >= 0.6 is 0 Å². The van der Waals surface area contributed by atoms with Crippen LogP contribution in [-0.4, -0.2) is 73.6 Å².